The average molecular weight is 1600 g/mol. The van der Waals surface area contributed by atoms with Crippen LogP contribution in [-0.2, 0) is 64.4 Å². The van der Waals surface area contributed by atoms with Crippen molar-refractivity contribution in [1.82, 2.24) is 78.1 Å². The molecule has 8 aromatic heterocycles. The Bertz CT molecular complexity index is 4400. The van der Waals surface area contributed by atoms with Crippen LogP contribution in [0.2, 0.25) is 0 Å². The number of phosphoric acid groups is 2. The van der Waals surface area contributed by atoms with Crippen molar-refractivity contribution in [3.63, 3.8) is 0 Å². The fourth-order valence-corrected chi connectivity index (χ4v) is 17.0. The van der Waals surface area contributed by atoms with Gasteiger partial charge in [0.25, 0.3) is 26.8 Å². The number of alkyl halides is 2. The first-order valence-corrected chi connectivity index (χ1v) is 39.2. The number of hydrogen-bond donors (Lipinski definition) is 11. The Morgan fingerprint density at radius 3 is 1.24 bits per heavy atom. The summed E-state index contributed by atoms with van der Waals surface area (Å²) in [5.41, 5.74) is 21.3. The van der Waals surface area contributed by atoms with E-state index in [1.54, 1.807) is 9.80 Å². The van der Waals surface area contributed by atoms with Crippen LogP contribution in [0.25, 0.3) is 44.7 Å². The minimum atomic E-state index is -5.42. The van der Waals surface area contributed by atoms with E-state index in [0.717, 1.165) is 34.4 Å². The zero-order valence-electron chi connectivity index (χ0n) is 60.4. The summed E-state index contributed by atoms with van der Waals surface area (Å²) in [4.78, 5) is 122. The Balaban J connectivity index is 0.000000248. The van der Waals surface area contributed by atoms with Crippen LogP contribution in [0, 0.1) is 0 Å². The van der Waals surface area contributed by atoms with Crippen molar-refractivity contribution in [2.24, 2.45) is 0 Å². The number of phosphoric ester groups is 2. The van der Waals surface area contributed by atoms with E-state index >= 15 is 8.78 Å². The van der Waals surface area contributed by atoms with Crippen molar-refractivity contribution in [1.29, 1.82) is 0 Å². The first kappa shape index (κ1) is 85.1. The van der Waals surface area contributed by atoms with E-state index in [9.17, 15) is 57.6 Å². The van der Waals surface area contributed by atoms with Gasteiger partial charge in [0.2, 0.25) is 11.9 Å². The minimum absolute atomic E-state index is 0. The first-order chi connectivity index (χ1) is 49.3. The quantitative estimate of drug-likeness (QED) is 0.0447. The summed E-state index contributed by atoms with van der Waals surface area (Å²) in [5.74, 6) is -0.553. The number of ether oxygens (including phenoxy) is 4. The van der Waals surface area contributed by atoms with Gasteiger partial charge in [-0.3, -0.25) is 56.0 Å². The molecule has 0 aromatic carbocycles. The smallest absolute Gasteiger partial charge is 1.00 e. The summed E-state index contributed by atoms with van der Waals surface area (Å²) in [6.07, 6.45) is -22.5. The van der Waals surface area contributed by atoms with Crippen molar-refractivity contribution in [2.45, 2.75) is 153 Å². The third-order valence-corrected chi connectivity index (χ3v) is 22.9. The number of aromatic amines is 2. The van der Waals surface area contributed by atoms with Gasteiger partial charge in [0.1, 0.15) is 80.1 Å². The van der Waals surface area contributed by atoms with Gasteiger partial charge >= 0.3 is 66.7 Å². The maximum absolute atomic E-state index is 15.8. The zero-order valence-corrected chi connectivity index (χ0v) is 66.0. The van der Waals surface area contributed by atoms with Gasteiger partial charge in [0.05, 0.1) is 96.2 Å². The van der Waals surface area contributed by atoms with Crippen LogP contribution in [0.5, 0.6) is 0 Å². The number of quaternary nitrogens is 2. The molecule has 52 heteroatoms. The van der Waals surface area contributed by atoms with Crippen LogP contribution in [0.3, 0.4) is 0 Å². The monoisotopic (exact) mass is 1600 g/mol. The zero-order chi connectivity index (χ0) is 75.1. The Hall–Kier alpha value is -4.94. The molecule has 15 N–H and O–H groups in total. The molecule has 20 atom stereocenters. The van der Waals surface area contributed by atoms with Gasteiger partial charge in [0.15, 0.2) is 82.5 Å². The molecular weight excluding hydrogens is 1520 g/mol. The van der Waals surface area contributed by atoms with E-state index in [-0.39, 0.29) is 130 Å². The molecule has 6 aliphatic heterocycles. The summed E-state index contributed by atoms with van der Waals surface area (Å²) in [6.45, 7) is 19.2. The van der Waals surface area contributed by atoms with E-state index in [1.165, 1.54) is 61.1 Å². The number of hydrogen-bond acceptors (Lipinski definition) is 35. The number of aliphatic hydroxyl groups is 2. The molecule has 0 aliphatic carbocycles. The third kappa shape index (κ3) is 18.5. The van der Waals surface area contributed by atoms with E-state index < -0.39 is 179 Å². The summed E-state index contributed by atoms with van der Waals surface area (Å²) in [5, 5.41) is 22.3. The number of aliphatic hydroxyl groups excluding tert-OH is 2. The topological polar surface area (TPSA) is 618 Å². The molecule has 8 aromatic rings. The summed E-state index contributed by atoms with van der Waals surface area (Å²) < 4.78 is 143. The molecule has 44 nitrogen and oxygen atoms in total. The SMILES string of the molecule is CC[NH+](CC)CC.CC[NH+](CC)CC.Nc1nc2c(ncn2C2OC3CCP(=O)(O)OC4C(COP(=O)([O-])OC2C3F)OC(n2cnc3c(N)ncnc32)C4O)c(=O)[nH]1.Nc1nc2c(ncn2C2OC3CCP(=O)([O-])OC4C(COP(=O)([O-])OC2C3F)OC(n2cnc3c(N)ncnc32)C4O)c(=O)[nH]1.[H-].[H-].[Na+].[Na+]. The van der Waals surface area contributed by atoms with Crippen LogP contribution < -0.4 is 118 Å². The van der Waals surface area contributed by atoms with Crippen molar-refractivity contribution in [2.75, 3.05) is 87.7 Å². The summed E-state index contributed by atoms with van der Waals surface area (Å²) in [7, 11) is -20.3. The average Bonchev–Trinajstić information content (AvgIpc) is 1.63. The Morgan fingerprint density at radius 1 is 0.509 bits per heavy atom. The third-order valence-electron chi connectivity index (χ3n) is 18.2. The molecule has 0 amide bonds. The van der Waals surface area contributed by atoms with Gasteiger partial charge in [0, 0.05) is 6.16 Å². The molecule has 14 rings (SSSR count). The number of nitrogen functional groups attached to an aromatic ring is 4. The second kappa shape index (κ2) is 35.2. The Labute approximate surface area is 646 Å². The molecule has 6 fully saturated rings. The van der Waals surface area contributed by atoms with Crippen LogP contribution in [-0.4, -0.2) is 231 Å². The number of nitrogens with two attached hydrogens (primary N) is 4. The molecular formula is C54H81F2N22Na2O22P4-. The van der Waals surface area contributed by atoms with Crippen molar-refractivity contribution >= 4 is 99.0 Å². The fraction of sp³-hybridized carbons (Fsp3) is 0.630. The number of aromatic nitrogens is 16. The predicted octanol–water partition coefficient (Wildman–Crippen LogP) is -9.61. The predicted molar refractivity (Wildman–Crippen MR) is 352 cm³/mol. The van der Waals surface area contributed by atoms with Crippen molar-refractivity contribution in [3.05, 3.63) is 58.7 Å². The first-order valence-electron chi connectivity index (χ1n) is 32.8. The standard InChI is InChI=1S/2C21H25FN10O11P2.2C6H15N.2Na.2H/c2*22-9-7-1-2-44(35,36)42-13-8(41-19(12(13)33)31-5-27-10-15(23)25-4-26-16(10)31)3-39-45(37,38)43-14(9)20(40-7)32-6-28-11-17(32)29-21(24)30-18(11)34;2*1-4-7(5-2)6-3;;;;/h2*4-9,12-14,19-20,33H,1-3H2,(H,35,36)(H,37,38)(H2,23,25,26)(H3,24,29,30,34);2*4-6H2,1-3H3;;;;/q;;;;2*+1;2*-1/p-1. The van der Waals surface area contributed by atoms with Gasteiger partial charge in [-0.15, -0.1) is 0 Å². The number of nitrogens with zero attached hydrogens (tertiary/aromatic N) is 14. The number of halogens is 2. The number of fused-ring (bicyclic) bond motifs is 10. The summed E-state index contributed by atoms with van der Waals surface area (Å²) >= 11 is 0. The van der Waals surface area contributed by atoms with Crippen molar-refractivity contribution < 1.29 is 175 Å². The molecule has 20 unspecified atom stereocenters. The molecule has 106 heavy (non-hydrogen) atoms. The van der Waals surface area contributed by atoms with Crippen molar-refractivity contribution in [3.8, 4) is 0 Å². The molecule has 14 heterocycles. The van der Waals surface area contributed by atoms with Crippen LogP contribution >= 0.6 is 30.8 Å². The Morgan fingerprint density at radius 2 is 0.858 bits per heavy atom. The van der Waals surface area contributed by atoms with E-state index in [1.807, 2.05) is 0 Å². The van der Waals surface area contributed by atoms with E-state index in [0.29, 0.717) is 0 Å². The van der Waals surface area contributed by atoms with E-state index in [2.05, 4.69) is 101 Å². The van der Waals surface area contributed by atoms with Gasteiger partial charge in [-0.2, -0.15) is 9.97 Å². The Kier molecular flexibility index (Phi) is 28.2. The fourth-order valence-electron chi connectivity index (χ4n) is 12.6. The molecule has 4 bridgehead atoms. The second-order valence-corrected chi connectivity index (χ2v) is 31.0. The van der Waals surface area contributed by atoms with Gasteiger partial charge in [-0.05, 0) is 54.4 Å². The van der Waals surface area contributed by atoms with Crippen LogP contribution in [0.1, 0.15) is 82.1 Å². The molecule has 6 saturated heterocycles. The molecule has 0 saturated carbocycles. The van der Waals surface area contributed by atoms with Crippen LogP contribution in [0.15, 0.2) is 47.6 Å². The molecule has 576 valence electrons. The maximum atomic E-state index is 15.8. The summed E-state index contributed by atoms with van der Waals surface area (Å²) in [6, 6.07) is 0. The molecule has 0 spiro atoms. The largest absolute Gasteiger partial charge is 1.00 e. The normalized spacial score (nSPS) is 33.4. The van der Waals surface area contributed by atoms with Crippen LogP contribution in [0.4, 0.5) is 32.3 Å². The maximum Gasteiger partial charge on any atom is 1.00 e. The number of anilines is 4. The molecule has 6 aliphatic rings. The minimum Gasteiger partial charge on any atom is -1.00 e. The van der Waals surface area contributed by atoms with Gasteiger partial charge < -0.3 is 112 Å². The number of H-pyrrole nitrogens is 2. The number of rotatable bonds is 10. The number of imidazole rings is 4. The second-order valence-electron chi connectivity index (χ2n) is 24.5. The number of nitrogens with one attached hydrogen (secondary N) is 4. The molecule has 0 radical (unpaired) electrons. The van der Waals surface area contributed by atoms with E-state index in [4.69, 9.17) is 69.0 Å². The van der Waals surface area contributed by atoms with Gasteiger partial charge in [-0.25, -0.2) is 48.7 Å². The van der Waals surface area contributed by atoms with Gasteiger partial charge in [-0.1, -0.05) is 0 Å².